The molecule has 5 heteroatoms. The van der Waals surface area contributed by atoms with E-state index in [0.717, 1.165) is 31.4 Å². The van der Waals surface area contributed by atoms with E-state index in [1.807, 2.05) is 0 Å². The minimum Gasteiger partial charge on any atom is -0.306 e. The Labute approximate surface area is 120 Å². The van der Waals surface area contributed by atoms with Crippen LogP contribution in [0, 0.1) is 5.82 Å². The topological polar surface area (TPSA) is 45.8 Å². The summed E-state index contributed by atoms with van der Waals surface area (Å²) in [6.45, 7) is 0. The van der Waals surface area contributed by atoms with Gasteiger partial charge in [0.05, 0.1) is 16.3 Å². The van der Waals surface area contributed by atoms with Crippen LogP contribution in [0.2, 0.25) is 5.02 Å². The summed E-state index contributed by atoms with van der Waals surface area (Å²) in [7, 11) is 0. The quantitative estimate of drug-likeness (QED) is 0.913. The van der Waals surface area contributed by atoms with Gasteiger partial charge >= 0.3 is 0 Å². The van der Waals surface area contributed by atoms with Crippen LogP contribution in [0.1, 0.15) is 37.3 Å². The lowest BCUT2D eigenvalue weighted by atomic mass is 10.0. The minimum atomic E-state index is -0.555. The maximum Gasteiger partial charge on any atom is 0.251 e. The first kappa shape index (κ1) is 13.3. The van der Waals surface area contributed by atoms with Crippen LogP contribution in [0.15, 0.2) is 29.1 Å². The number of benzene rings is 1. The Morgan fingerprint density at radius 1 is 1.30 bits per heavy atom. The molecule has 2 aromatic rings. The summed E-state index contributed by atoms with van der Waals surface area (Å²) in [4.78, 5) is 18.8. The van der Waals surface area contributed by atoms with Gasteiger partial charge in [-0.15, -0.1) is 0 Å². The van der Waals surface area contributed by atoms with Gasteiger partial charge in [0.1, 0.15) is 5.82 Å². The Hall–Kier alpha value is -1.68. The number of nitrogens with zero attached hydrogens (tertiary/aromatic N) is 1. The summed E-state index contributed by atoms with van der Waals surface area (Å²) in [5, 5.41) is 0.0245. The van der Waals surface area contributed by atoms with Crippen molar-refractivity contribution in [3.05, 3.63) is 51.2 Å². The van der Waals surface area contributed by atoms with E-state index in [1.165, 1.54) is 12.1 Å². The fourth-order valence-corrected chi connectivity index (χ4v) is 2.90. The average molecular weight is 293 g/mol. The number of hydrogen-bond donors (Lipinski definition) is 1. The Morgan fingerprint density at radius 2 is 2.05 bits per heavy atom. The maximum absolute atomic E-state index is 14.0. The number of aromatic nitrogens is 2. The molecule has 0 radical (unpaired) electrons. The molecule has 1 aromatic heterocycles. The number of rotatable bonds is 2. The molecule has 0 unspecified atom stereocenters. The summed E-state index contributed by atoms with van der Waals surface area (Å²) < 4.78 is 14.0. The van der Waals surface area contributed by atoms with E-state index < -0.39 is 5.82 Å². The van der Waals surface area contributed by atoms with Crippen LogP contribution >= 0.6 is 11.6 Å². The third-order valence-electron chi connectivity index (χ3n) is 3.74. The molecule has 1 N–H and O–H groups in total. The molecule has 0 saturated heterocycles. The van der Waals surface area contributed by atoms with Crippen LogP contribution < -0.4 is 5.56 Å². The second-order valence-corrected chi connectivity index (χ2v) is 5.51. The monoisotopic (exact) mass is 292 g/mol. The second kappa shape index (κ2) is 5.37. The highest BCUT2D eigenvalue weighted by Gasteiger charge is 2.20. The number of hydrogen-bond acceptors (Lipinski definition) is 2. The van der Waals surface area contributed by atoms with Crippen LogP contribution in [0.4, 0.5) is 4.39 Å². The van der Waals surface area contributed by atoms with Crippen molar-refractivity contribution < 1.29 is 4.39 Å². The van der Waals surface area contributed by atoms with Gasteiger partial charge in [-0.1, -0.05) is 30.5 Å². The fraction of sp³-hybridized carbons (Fsp3) is 0.333. The third kappa shape index (κ3) is 2.48. The molecule has 1 aliphatic carbocycles. The molecule has 1 fully saturated rings. The SMILES string of the molecule is O=c1cc(C2CCCC2)nc(-c2cccc(Cl)c2F)[nH]1. The molecule has 0 amide bonds. The Morgan fingerprint density at radius 3 is 2.80 bits per heavy atom. The maximum atomic E-state index is 14.0. The van der Waals surface area contributed by atoms with Crippen LogP contribution in [0.5, 0.6) is 0 Å². The molecule has 3 nitrogen and oxygen atoms in total. The lowest BCUT2D eigenvalue weighted by Crippen LogP contribution is -2.12. The van der Waals surface area contributed by atoms with E-state index in [0.29, 0.717) is 5.92 Å². The molecule has 3 rings (SSSR count). The smallest absolute Gasteiger partial charge is 0.251 e. The molecule has 1 aliphatic rings. The van der Waals surface area contributed by atoms with E-state index in [1.54, 1.807) is 12.1 Å². The molecule has 0 spiro atoms. The summed E-state index contributed by atoms with van der Waals surface area (Å²) in [6, 6.07) is 6.20. The molecule has 1 aromatic carbocycles. The molecule has 1 heterocycles. The van der Waals surface area contributed by atoms with Crippen molar-refractivity contribution in [2.45, 2.75) is 31.6 Å². The van der Waals surface area contributed by atoms with Gasteiger partial charge in [0.25, 0.3) is 5.56 Å². The van der Waals surface area contributed by atoms with Crippen molar-refractivity contribution in [2.24, 2.45) is 0 Å². The first-order valence-corrected chi connectivity index (χ1v) is 7.08. The fourth-order valence-electron chi connectivity index (χ4n) is 2.72. The second-order valence-electron chi connectivity index (χ2n) is 5.10. The Kier molecular flexibility index (Phi) is 3.57. The first-order chi connectivity index (χ1) is 9.65. The molecular formula is C15H14ClFN2O. The normalized spacial score (nSPS) is 15.7. The number of H-pyrrole nitrogens is 1. The predicted molar refractivity (Wildman–Crippen MR) is 76.5 cm³/mol. The number of nitrogens with one attached hydrogen (secondary N) is 1. The first-order valence-electron chi connectivity index (χ1n) is 6.71. The highest BCUT2D eigenvalue weighted by Crippen LogP contribution is 2.33. The van der Waals surface area contributed by atoms with Gasteiger partial charge in [0.15, 0.2) is 5.82 Å². The van der Waals surface area contributed by atoms with Gasteiger partial charge in [0, 0.05) is 12.0 Å². The largest absolute Gasteiger partial charge is 0.306 e. The molecular weight excluding hydrogens is 279 g/mol. The lowest BCUT2D eigenvalue weighted by molar-refractivity contribution is 0.629. The van der Waals surface area contributed by atoms with Crippen LogP contribution in [-0.2, 0) is 0 Å². The van der Waals surface area contributed by atoms with Crippen molar-refractivity contribution in [1.29, 1.82) is 0 Å². The van der Waals surface area contributed by atoms with Gasteiger partial charge < -0.3 is 4.98 Å². The standard InChI is InChI=1S/C15H14ClFN2O/c16-11-7-3-6-10(14(11)17)15-18-12(8-13(20)19-15)9-4-1-2-5-9/h3,6-9H,1-2,4-5H2,(H,18,19,20). The highest BCUT2D eigenvalue weighted by atomic mass is 35.5. The predicted octanol–water partition coefficient (Wildman–Crippen LogP) is 3.89. The Balaban J connectivity index is 2.09. The molecule has 0 bridgehead atoms. The van der Waals surface area contributed by atoms with Crippen molar-refractivity contribution in [1.82, 2.24) is 9.97 Å². The van der Waals surface area contributed by atoms with Gasteiger partial charge in [0.2, 0.25) is 0 Å². The highest BCUT2D eigenvalue weighted by molar-refractivity contribution is 6.31. The van der Waals surface area contributed by atoms with Crippen molar-refractivity contribution in [2.75, 3.05) is 0 Å². The van der Waals surface area contributed by atoms with E-state index in [2.05, 4.69) is 9.97 Å². The summed E-state index contributed by atoms with van der Waals surface area (Å²) >= 11 is 5.78. The molecule has 104 valence electrons. The lowest BCUT2D eigenvalue weighted by Gasteiger charge is -2.10. The zero-order valence-electron chi connectivity index (χ0n) is 10.8. The van der Waals surface area contributed by atoms with Gasteiger partial charge in [-0.3, -0.25) is 4.79 Å². The molecule has 0 atom stereocenters. The van der Waals surface area contributed by atoms with E-state index in [-0.39, 0.29) is 22.0 Å². The minimum absolute atomic E-state index is 0.0245. The van der Waals surface area contributed by atoms with Crippen LogP contribution in [-0.4, -0.2) is 9.97 Å². The van der Waals surface area contributed by atoms with Crippen molar-refractivity contribution >= 4 is 11.6 Å². The summed E-state index contributed by atoms with van der Waals surface area (Å²) in [6.07, 6.45) is 4.38. The zero-order chi connectivity index (χ0) is 14.1. The van der Waals surface area contributed by atoms with E-state index in [4.69, 9.17) is 11.6 Å². The molecule has 1 saturated carbocycles. The average Bonchev–Trinajstić information content (AvgIpc) is 2.95. The summed E-state index contributed by atoms with van der Waals surface area (Å²) in [5.41, 5.74) is 0.728. The molecule has 20 heavy (non-hydrogen) atoms. The van der Waals surface area contributed by atoms with Gasteiger partial charge in [-0.25, -0.2) is 9.37 Å². The number of aromatic amines is 1. The van der Waals surface area contributed by atoms with Crippen LogP contribution in [0.3, 0.4) is 0 Å². The van der Waals surface area contributed by atoms with Gasteiger partial charge in [-0.2, -0.15) is 0 Å². The Bertz CT molecular complexity index is 693. The van der Waals surface area contributed by atoms with Crippen molar-refractivity contribution in [3.8, 4) is 11.4 Å². The third-order valence-corrected chi connectivity index (χ3v) is 4.03. The van der Waals surface area contributed by atoms with Crippen molar-refractivity contribution in [3.63, 3.8) is 0 Å². The van der Waals surface area contributed by atoms with Crippen LogP contribution in [0.25, 0.3) is 11.4 Å². The van der Waals surface area contributed by atoms with E-state index in [9.17, 15) is 9.18 Å². The zero-order valence-corrected chi connectivity index (χ0v) is 11.6. The summed E-state index contributed by atoms with van der Waals surface area (Å²) in [5.74, 6) is -0.00131. The number of halogens is 2. The van der Waals surface area contributed by atoms with Gasteiger partial charge in [-0.05, 0) is 25.0 Å². The molecule has 0 aliphatic heterocycles. The van der Waals surface area contributed by atoms with E-state index >= 15 is 0 Å².